The molecule has 0 aromatic carbocycles. The summed E-state index contributed by atoms with van der Waals surface area (Å²) in [6.07, 6.45) is 4.02. The van der Waals surface area contributed by atoms with Gasteiger partial charge in [-0.25, -0.2) is 9.97 Å². The van der Waals surface area contributed by atoms with Gasteiger partial charge in [0.1, 0.15) is 17.5 Å². The Balaban J connectivity index is 2.30. The van der Waals surface area contributed by atoms with E-state index in [1.165, 1.54) is 12.8 Å². The van der Waals surface area contributed by atoms with Crippen LogP contribution in [-0.4, -0.2) is 36.6 Å². The molecule has 1 aromatic heterocycles. The molecule has 0 saturated carbocycles. The number of nitriles is 1. The first-order valence-corrected chi connectivity index (χ1v) is 6.78. The molecule has 0 spiro atoms. The van der Waals surface area contributed by atoms with Crippen LogP contribution in [0.15, 0.2) is 6.07 Å². The smallest absolute Gasteiger partial charge is 0.134 e. The first-order chi connectivity index (χ1) is 9.11. The maximum absolute atomic E-state index is 8.96. The van der Waals surface area contributed by atoms with Crippen LogP contribution in [0, 0.1) is 18.3 Å². The molecular weight excluding hydrogens is 238 g/mol. The van der Waals surface area contributed by atoms with E-state index < -0.39 is 0 Å². The lowest BCUT2D eigenvalue weighted by Gasteiger charge is -2.35. The summed E-state index contributed by atoms with van der Waals surface area (Å²) in [6.45, 7) is 2.90. The Morgan fingerprint density at radius 3 is 2.89 bits per heavy atom. The SMILES string of the molecule is Cc1nc(N(C)C)cc(N2CCCCC2CC#N)n1. The molecule has 102 valence electrons. The zero-order valence-corrected chi connectivity index (χ0v) is 11.9. The van der Waals surface area contributed by atoms with Gasteiger partial charge in [0.15, 0.2) is 0 Å². The summed E-state index contributed by atoms with van der Waals surface area (Å²) in [4.78, 5) is 13.2. The molecule has 1 atom stereocenters. The monoisotopic (exact) mass is 259 g/mol. The molecular formula is C14H21N5. The third kappa shape index (κ3) is 3.14. The van der Waals surface area contributed by atoms with E-state index in [2.05, 4.69) is 20.9 Å². The fraction of sp³-hybridized carbons (Fsp3) is 0.643. The molecule has 1 fully saturated rings. The Morgan fingerprint density at radius 2 is 2.21 bits per heavy atom. The standard InChI is InChI=1S/C14H21N5/c1-11-16-13(18(2)3)10-14(17-11)19-9-5-4-6-12(19)7-8-15/h10,12H,4-7,9H2,1-3H3. The summed E-state index contributed by atoms with van der Waals surface area (Å²) < 4.78 is 0. The molecule has 5 heteroatoms. The molecule has 0 radical (unpaired) electrons. The largest absolute Gasteiger partial charge is 0.363 e. The Labute approximate surface area is 114 Å². The van der Waals surface area contributed by atoms with Crippen molar-refractivity contribution in [2.24, 2.45) is 0 Å². The lowest BCUT2D eigenvalue weighted by Crippen LogP contribution is -2.40. The van der Waals surface area contributed by atoms with E-state index in [9.17, 15) is 0 Å². The summed E-state index contributed by atoms with van der Waals surface area (Å²) in [6, 6.07) is 4.60. The maximum Gasteiger partial charge on any atom is 0.134 e. The first kappa shape index (κ1) is 13.6. The topological polar surface area (TPSA) is 56.1 Å². The van der Waals surface area contributed by atoms with Gasteiger partial charge in [0.2, 0.25) is 0 Å². The molecule has 1 aromatic rings. The minimum atomic E-state index is 0.295. The highest BCUT2D eigenvalue weighted by molar-refractivity contribution is 5.51. The van der Waals surface area contributed by atoms with Crippen molar-refractivity contribution in [3.63, 3.8) is 0 Å². The summed E-state index contributed by atoms with van der Waals surface area (Å²) in [5.41, 5.74) is 0. The van der Waals surface area contributed by atoms with E-state index in [1.54, 1.807) is 0 Å². The van der Waals surface area contributed by atoms with Crippen LogP contribution in [-0.2, 0) is 0 Å². The van der Waals surface area contributed by atoms with Crippen LogP contribution in [0.2, 0.25) is 0 Å². The van der Waals surface area contributed by atoms with Crippen LogP contribution in [0.5, 0.6) is 0 Å². The van der Waals surface area contributed by atoms with Crippen molar-refractivity contribution in [1.82, 2.24) is 9.97 Å². The highest BCUT2D eigenvalue weighted by Crippen LogP contribution is 2.26. The van der Waals surface area contributed by atoms with E-state index in [0.29, 0.717) is 12.5 Å². The predicted octanol–water partition coefficient (Wildman–Crippen LogP) is 2.12. The third-order valence-corrected chi connectivity index (χ3v) is 3.52. The van der Waals surface area contributed by atoms with Gasteiger partial charge < -0.3 is 9.80 Å². The van der Waals surface area contributed by atoms with Crippen LogP contribution in [0.3, 0.4) is 0 Å². The zero-order valence-electron chi connectivity index (χ0n) is 11.9. The summed E-state index contributed by atoms with van der Waals surface area (Å²) in [5, 5.41) is 8.96. The molecule has 0 amide bonds. The molecule has 0 N–H and O–H groups in total. The highest BCUT2D eigenvalue weighted by atomic mass is 15.2. The summed E-state index contributed by atoms with van der Waals surface area (Å²) >= 11 is 0. The van der Waals surface area contributed by atoms with E-state index >= 15 is 0 Å². The molecule has 1 aliphatic rings. The average Bonchev–Trinajstić information content (AvgIpc) is 2.39. The van der Waals surface area contributed by atoms with Gasteiger partial charge in [0.05, 0.1) is 12.5 Å². The van der Waals surface area contributed by atoms with Gasteiger partial charge in [0.25, 0.3) is 0 Å². The molecule has 2 rings (SSSR count). The molecule has 0 aliphatic carbocycles. The fourth-order valence-corrected chi connectivity index (χ4v) is 2.53. The minimum Gasteiger partial charge on any atom is -0.363 e. The second-order valence-corrected chi connectivity index (χ2v) is 5.23. The van der Waals surface area contributed by atoms with Crippen molar-refractivity contribution < 1.29 is 0 Å². The molecule has 1 saturated heterocycles. The summed E-state index contributed by atoms with van der Waals surface area (Å²) in [7, 11) is 3.96. The molecule has 2 heterocycles. The second kappa shape index (κ2) is 5.87. The number of piperidine rings is 1. The minimum absolute atomic E-state index is 0.295. The number of hydrogen-bond donors (Lipinski definition) is 0. The van der Waals surface area contributed by atoms with Crippen LogP contribution in [0.4, 0.5) is 11.6 Å². The van der Waals surface area contributed by atoms with Gasteiger partial charge in [-0.15, -0.1) is 0 Å². The zero-order chi connectivity index (χ0) is 13.8. The summed E-state index contributed by atoms with van der Waals surface area (Å²) in [5.74, 6) is 2.66. The number of nitrogens with zero attached hydrogens (tertiary/aromatic N) is 5. The van der Waals surface area contributed by atoms with E-state index in [0.717, 1.165) is 30.4 Å². The van der Waals surface area contributed by atoms with E-state index in [4.69, 9.17) is 5.26 Å². The molecule has 5 nitrogen and oxygen atoms in total. The van der Waals surface area contributed by atoms with Crippen molar-refractivity contribution in [2.45, 2.75) is 38.6 Å². The van der Waals surface area contributed by atoms with E-state index in [-0.39, 0.29) is 0 Å². The van der Waals surface area contributed by atoms with Crippen LogP contribution in [0.1, 0.15) is 31.5 Å². The molecule has 0 bridgehead atoms. The number of rotatable bonds is 3. The lowest BCUT2D eigenvalue weighted by atomic mass is 10.00. The van der Waals surface area contributed by atoms with E-state index in [1.807, 2.05) is 32.0 Å². The van der Waals surface area contributed by atoms with Crippen molar-refractivity contribution in [1.29, 1.82) is 5.26 Å². The molecule has 1 unspecified atom stereocenters. The highest BCUT2D eigenvalue weighted by Gasteiger charge is 2.24. The van der Waals surface area contributed by atoms with Crippen molar-refractivity contribution in [3.05, 3.63) is 11.9 Å². The Hall–Kier alpha value is -1.83. The molecule has 19 heavy (non-hydrogen) atoms. The maximum atomic E-state index is 8.96. The first-order valence-electron chi connectivity index (χ1n) is 6.78. The second-order valence-electron chi connectivity index (χ2n) is 5.23. The number of anilines is 2. The van der Waals surface area contributed by atoms with Crippen molar-refractivity contribution >= 4 is 11.6 Å². The van der Waals surface area contributed by atoms with Gasteiger partial charge in [-0.2, -0.15) is 5.26 Å². The van der Waals surface area contributed by atoms with Crippen molar-refractivity contribution in [3.8, 4) is 6.07 Å². The number of hydrogen-bond acceptors (Lipinski definition) is 5. The lowest BCUT2D eigenvalue weighted by molar-refractivity contribution is 0.461. The fourth-order valence-electron chi connectivity index (χ4n) is 2.53. The number of aryl methyl sites for hydroxylation is 1. The van der Waals surface area contributed by atoms with Gasteiger partial charge in [-0.3, -0.25) is 0 Å². The van der Waals surface area contributed by atoms with Crippen LogP contribution < -0.4 is 9.80 Å². The molecule has 1 aliphatic heterocycles. The average molecular weight is 259 g/mol. The Morgan fingerprint density at radius 1 is 1.42 bits per heavy atom. The van der Waals surface area contributed by atoms with Gasteiger partial charge in [-0.1, -0.05) is 0 Å². The van der Waals surface area contributed by atoms with Crippen molar-refractivity contribution in [2.75, 3.05) is 30.4 Å². The normalized spacial score (nSPS) is 19.1. The van der Waals surface area contributed by atoms with Crippen LogP contribution in [0.25, 0.3) is 0 Å². The Kier molecular flexibility index (Phi) is 4.20. The quantitative estimate of drug-likeness (QED) is 0.832. The van der Waals surface area contributed by atoms with Gasteiger partial charge in [0, 0.05) is 32.7 Å². The third-order valence-electron chi connectivity index (χ3n) is 3.52. The van der Waals surface area contributed by atoms with Crippen LogP contribution >= 0.6 is 0 Å². The van der Waals surface area contributed by atoms with Gasteiger partial charge in [-0.05, 0) is 26.2 Å². The predicted molar refractivity (Wildman–Crippen MR) is 76.3 cm³/mol. The number of aromatic nitrogens is 2. The van der Waals surface area contributed by atoms with Gasteiger partial charge >= 0.3 is 0 Å². The Bertz CT molecular complexity index is 477.